The molecule has 1 aromatic rings. The quantitative estimate of drug-likeness (QED) is 0.866. The van der Waals surface area contributed by atoms with Crippen molar-refractivity contribution in [1.29, 1.82) is 0 Å². The number of thiazole rings is 1. The molecule has 2 heterocycles. The molecule has 1 saturated carbocycles. The van der Waals surface area contributed by atoms with Crippen LogP contribution >= 0.6 is 27.3 Å². The van der Waals surface area contributed by atoms with Crippen molar-refractivity contribution in [3.63, 3.8) is 0 Å². The van der Waals surface area contributed by atoms with Crippen molar-refractivity contribution < 1.29 is 0 Å². The number of hydrogen-bond acceptors (Lipinski definition) is 4. The van der Waals surface area contributed by atoms with E-state index in [9.17, 15) is 0 Å². The fourth-order valence-corrected chi connectivity index (χ4v) is 4.33. The van der Waals surface area contributed by atoms with Gasteiger partial charge in [0.25, 0.3) is 0 Å². The highest BCUT2D eigenvalue weighted by Crippen LogP contribution is 2.38. The summed E-state index contributed by atoms with van der Waals surface area (Å²) in [5, 5.41) is 3.20. The predicted molar refractivity (Wildman–Crippen MR) is 70.8 cm³/mol. The number of halogens is 1. The van der Waals surface area contributed by atoms with E-state index in [1.807, 2.05) is 0 Å². The summed E-state index contributed by atoms with van der Waals surface area (Å²) in [5.41, 5.74) is 6.21. The van der Waals surface area contributed by atoms with E-state index in [0.29, 0.717) is 12.0 Å². The number of aromatic nitrogens is 1. The van der Waals surface area contributed by atoms with Crippen molar-refractivity contribution in [2.24, 2.45) is 17.6 Å². The average molecular weight is 302 g/mol. The molecule has 0 amide bonds. The Kier molecular flexibility index (Phi) is 2.94. The largest absolute Gasteiger partial charge is 0.347 e. The zero-order chi connectivity index (χ0) is 11.1. The summed E-state index contributed by atoms with van der Waals surface area (Å²) < 4.78 is 0.951. The summed E-state index contributed by atoms with van der Waals surface area (Å²) in [7, 11) is 0. The van der Waals surface area contributed by atoms with E-state index in [4.69, 9.17) is 5.73 Å². The van der Waals surface area contributed by atoms with Crippen molar-refractivity contribution in [1.82, 2.24) is 4.98 Å². The van der Waals surface area contributed by atoms with Gasteiger partial charge in [0.1, 0.15) is 4.60 Å². The summed E-state index contributed by atoms with van der Waals surface area (Å²) in [6.07, 6.45) is 3.86. The Labute approximate surface area is 108 Å². The van der Waals surface area contributed by atoms with Crippen molar-refractivity contribution >= 4 is 32.4 Å². The van der Waals surface area contributed by atoms with Gasteiger partial charge in [-0.15, -0.1) is 11.3 Å². The summed E-state index contributed by atoms with van der Waals surface area (Å²) >= 11 is 5.14. The first kappa shape index (κ1) is 11.0. The highest BCUT2D eigenvalue weighted by Gasteiger charge is 2.39. The third-order valence-corrected chi connectivity index (χ3v) is 5.50. The van der Waals surface area contributed by atoms with Gasteiger partial charge < -0.3 is 10.6 Å². The lowest BCUT2D eigenvalue weighted by Gasteiger charge is -2.29. The van der Waals surface area contributed by atoms with Crippen molar-refractivity contribution in [2.45, 2.75) is 25.3 Å². The van der Waals surface area contributed by atoms with Crippen LogP contribution < -0.4 is 10.6 Å². The monoisotopic (exact) mass is 301 g/mol. The number of fused-ring (bicyclic) bond motifs is 1. The molecule has 2 N–H and O–H groups in total. The van der Waals surface area contributed by atoms with Gasteiger partial charge in [0.15, 0.2) is 5.13 Å². The van der Waals surface area contributed by atoms with Gasteiger partial charge in [-0.3, -0.25) is 0 Å². The van der Waals surface area contributed by atoms with E-state index in [2.05, 4.69) is 31.2 Å². The van der Waals surface area contributed by atoms with Gasteiger partial charge in [0.2, 0.25) is 0 Å². The second-order valence-electron chi connectivity index (χ2n) is 4.88. The lowest BCUT2D eigenvalue weighted by molar-refractivity contribution is 0.260. The molecule has 0 aromatic carbocycles. The summed E-state index contributed by atoms with van der Waals surface area (Å²) in [6.45, 7) is 2.25. The minimum Gasteiger partial charge on any atom is -0.347 e. The van der Waals surface area contributed by atoms with Crippen LogP contribution in [0.4, 0.5) is 5.13 Å². The molecule has 88 valence electrons. The standard InChI is InChI=1S/C11H16BrN3S/c12-10-6-16-11(14-10)15-4-7-2-1-3-9(13)8(7)5-15/h6-9H,1-5,13H2. The molecule has 3 nitrogen and oxygen atoms in total. The number of hydrogen-bond donors (Lipinski definition) is 1. The highest BCUT2D eigenvalue weighted by atomic mass is 79.9. The van der Waals surface area contributed by atoms with Gasteiger partial charge in [-0.25, -0.2) is 4.98 Å². The number of anilines is 1. The van der Waals surface area contributed by atoms with Gasteiger partial charge >= 0.3 is 0 Å². The lowest BCUT2D eigenvalue weighted by Crippen LogP contribution is -2.38. The third-order valence-electron chi connectivity index (χ3n) is 3.89. The molecule has 16 heavy (non-hydrogen) atoms. The van der Waals surface area contributed by atoms with Crippen molar-refractivity contribution in [2.75, 3.05) is 18.0 Å². The Morgan fingerprint density at radius 3 is 3.00 bits per heavy atom. The van der Waals surface area contributed by atoms with Crippen LogP contribution in [0.5, 0.6) is 0 Å². The maximum atomic E-state index is 6.21. The number of rotatable bonds is 1. The van der Waals surface area contributed by atoms with E-state index < -0.39 is 0 Å². The van der Waals surface area contributed by atoms with E-state index in [1.165, 1.54) is 19.3 Å². The van der Waals surface area contributed by atoms with E-state index in [-0.39, 0.29) is 0 Å². The van der Waals surface area contributed by atoms with Crippen LogP contribution in [-0.2, 0) is 0 Å². The second-order valence-corrected chi connectivity index (χ2v) is 6.53. The third kappa shape index (κ3) is 1.89. The molecular weight excluding hydrogens is 286 g/mol. The Hall–Kier alpha value is -0.130. The topological polar surface area (TPSA) is 42.1 Å². The lowest BCUT2D eigenvalue weighted by atomic mass is 9.78. The van der Waals surface area contributed by atoms with Crippen LogP contribution in [0.2, 0.25) is 0 Å². The van der Waals surface area contributed by atoms with Gasteiger partial charge in [0, 0.05) is 24.5 Å². The second kappa shape index (κ2) is 4.27. The zero-order valence-electron chi connectivity index (χ0n) is 9.10. The van der Waals surface area contributed by atoms with Crippen LogP contribution in [-0.4, -0.2) is 24.1 Å². The van der Waals surface area contributed by atoms with Gasteiger partial charge in [0.05, 0.1) is 0 Å². The molecule has 2 aliphatic rings. The minimum atomic E-state index is 0.409. The molecule has 5 heteroatoms. The Morgan fingerprint density at radius 2 is 2.31 bits per heavy atom. The van der Waals surface area contributed by atoms with Crippen LogP contribution in [0.1, 0.15) is 19.3 Å². The summed E-state index contributed by atoms with van der Waals surface area (Å²) in [4.78, 5) is 6.91. The molecule has 1 aliphatic heterocycles. The molecular formula is C11H16BrN3S. The molecule has 2 fully saturated rings. The molecule has 3 atom stereocenters. The van der Waals surface area contributed by atoms with Gasteiger partial charge in [-0.2, -0.15) is 0 Å². The van der Waals surface area contributed by atoms with Crippen molar-refractivity contribution in [3.05, 3.63) is 9.98 Å². The molecule has 1 aliphatic carbocycles. The fraction of sp³-hybridized carbons (Fsp3) is 0.727. The fourth-order valence-electron chi connectivity index (χ4n) is 3.06. The maximum absolute atomic E-state index is 6.21. The Morgan fingerprint density at radius 1 is 1.44 bits per heavy atom. The maximum Gasteiger partial charge on any atom is 0.186 e. The SMILES string of the molecule is NC1CCCC2CN(c3nc(Br)cs3)CC12. The predicted octanol–water partition coefficient (Wildman–Crippen LogP) is 2.47. The molecule has 3 unspecified atom stereocenters. The first-order valence-electron chi connectivity index (χ1n) is 5.85. The van der Waals surface area contributed by atoms with Crippen LogP contribution in [0, 0.1) is 11.8 Å². The molecule has 0 spiro atoms. The van der Waals surface area contributed by atoms with Gasteiger partial charge in [-0.05, 0) is 40.6 Å². The van der Waals surface area contributed by atoms with Crippen LogP contribution in [0.3, 0.4) is 0 Å². The Bertz CT molecular complexity index is 381. The number of nitrogens with zero attached hydrogens (tertiary/aromatic N) is 2. The molecule has 3 rings (SSSR count). The minimum absolute atomic E-state index is 0.409. The molecule has 1 aromatic heterocycles. The van der Waals surface area contributed by atoms with Crippen molar-refractivity contribution in [3.8, 4) is 0 Å². The van der Waals surface area contributed by atoms with Crippen LogP contribution in [0.15, 0.2) is 9.98 Å². The van der Waals surface area contributed by atoms with Crippen LogP contribution in [0.25, 0.3) is 0 Å². The summed E-state index contributed by atoms with van der Waals surface area (Å²) in [5.74, 6) is 1.49. The molecule has 0 bridgehead atoms. The van der Waals surface area contributed by atoms with E-state index in [0.717, 1.165) is 28.7 Å². The summed E-state index contributed by atoms with van der Waals surface area (Å²) in [6, 6.07) is 0.409. The normalized spacial score (nSPS) is 34.1. The highest BCUT2D eigenvalue weighted by molar-refractivity contribution is 9.10. The average Bonchev–Trinajstić information content (AvgIpc) is 2.84. The smallest absolute Gasteiger partial charge is 0.186 e. The van der Waals surface area contributed by atoms with E-state index in [1.54, 1.807) is 11.3 Å². The molecule has 1 saturated heterocycles. The zero-order valence-corrected chi connectivity index (χ0v) is 11.5. The first-order valence-corrected chi connectivity index (χ1v) is 7.53. The number of nitrogens with two attached hydrogens (primary N) is 1. The Balaban J connectivity index is 1.76. The van der Waals surface area contributed by atoms with E-state index >= 15 is 0 Å². The van der Waals surface area contributed by atoms with Gasteiger partial charge in [-0.1, -0.05) is 6.42 Å². The first-order chi connectivity index (χ1) is 7.74. The molecule has 0 radical (unpaired) electrons.